The monoisotopic (exact) mass is 422 g/mol. The molecule has 1 heterocycles. The zero-order valence-electron chi connectivity index (χ0n) is 16.9. The molecule has 1 saturated heterocycles. The highest BCUT2D eigenvalue weighted by atomic mass is 31.2. The van der Waals surface area contributed by atoms with Crippen LogP contribution >= 0.6 is 14.3 Å². The largest absolute Gasteiger partial charge is 0.318 e. The maximum absolute atomic E-state index is 14.6. The smallest absolute Gasteiger partial charge is 0.145 e. The Morgan fingerprint density at radius 2 is 1.34 bits per heavy atom. The molecule has 1 fully saturated rings. The Morgan fingerprint density at radius 1 is 0.862 bits per heavy atom. The van der Waals surface area contributed by atoms with Gasteiger partial charge in [-0.1, -0.05) is 97.9 Å². The molecule has 0 spiro atoms. The van der Waals surface area contributed by atoms with Crippen molar-refractivity contribution in [2.24, 2.45) is 0 Å². The molecule has 0 unspecified atom stereocenters. The van der Waals surface area contributed by atoms with Gasteiger partial charge in [0.2, 0.25) is 0 Å². The second kappa shape index (κ2) is 8.47. The predicted molar refractivity (Wildman–Crippen MR) is 125 cm³/mol. The van der Waals surface area contributed by atoms with Gasteiger partial charge in [0, 0.05) is 33.4 Å². The molecule has 4 rings (SSSR count). The van der Waals surface area contributed by atoms with Crippen LogP contribution in [-0.4, -0.2) is 17.5 Å². The van der Waals surface area contributed by atoms with Crippen molar-refractivity contribution in [3.63, 3.8) is 0 Å². The normalized spacial score (nSPS) is 23.0. The Bertz CT molecular complexity index is 989. The fourth-order valence-electron chi connectivity index (χ4n) is 4.76. The minimum Gasteiger partial charge on any atom is -0.318 e. The first-order valence-corrected chi connectivity index (χ1v) is 14.1. The molecule has 3 atom stereocenters. The molecular weight excluding hydrogens is 394 g/mol. The summed E-state index contributed by atoms with van der Waals surface area (Å²) in [6.45, 7) is 2.09. The van der Waals surface area contributed by atoms with Crippen molar-refractivity contribution in [3.05, 3.63) is 91.0 Å². The Hall–Kier alpha value is -1.88. The van der Waals surface area contributed by atoms with Gasteiger partial charge in [-0.05, 0) is 19.3 Å². The zero-order valence-corrected chi connectivity index (χ0v) is 18.6. The van der Waals surface area contributed by atoms with Crippen molar-refractivity contribution < 1.29 is 9.13 Å². The van der Waals surface area contributed by atoms with Gasteiger partial charge in [-0.15, -0.1) is 0 Å². The lowest BCUT2D eigenvalue weighted by Crippen LogP contribution is -2.27. The van der Waals surface area contributed by atoms with Crippen LogP contribution in [0.1, 0.15) is 26.2 Å². The Balaban J connectivity index is 1.70. The molecule has 0 saturated carbocycles. The van der Waals surface area contributed by atoms with E-state index < -0.39 is 14.3 Å². The lowest BCUT2D eigenvalue weighted by Gasteiger charge is -2.30. The van der Waals surface area contributed by atoms with Crippen molar-refractivity contribution in [2.75, 3.05) is 6.16 Å². The SMILES string of the molecule is C[C@H](C[C@H]1CCC[P@@]1(=O)c1ccccc1)P(=O)(c1ccccc1)c1ccccc1. The maximum Gasteiger partial charge on any atom is 0.145 e. The summed E-state index contributed by atoms with van der Waals surface area (Å²) in [7, 11) is -5.30. The van der Waals surface area contributed by atoms with Crippen molar-refractivity contribution in [3.8, 4) is 0 Å². The van der Waals surface area contributed by atoms with E-state index in [1.165, 1.54) is 0 Å². The lowest BCUT2D eigenvalue weighted by atomic mass is 10.2. The van der Waals surface area contributed by atoms with Crippen LogP contribution in [-0.2, 0) is 9.13 Å². The van der Waals surface area contributed by atoms with Gasteiger partial charge < -0.3 is 9.13 Å². The molecule has 150 valence electrons. The molecule has 3 aromatic rings. The van der Waals surface area contributed by atoms with E-state index in [0.717, 1.165) is 41.3 Å². The van der Waals surface area contributed by atoms with Crippen LogP contribution in [0, 0.1) is 0 Å². The molecule has 1 aliphatic rings. The van der Waals surface area contributed by atoms with E-state index in [4.69, 9.17) is 0 Å². The molecule has 4 heteroatoms. The van der Waals surface area contributed by atoms with E-state index in [-0.39, 0.29) is 11.3 Å². The number of hydrogen-bond donors (Lipinski definition) is 0. The van der Waals surface area contributed by atoms with E-state index in [9.17, 15) is 9.13 Å². The molecule has 2 nitrogen and oxygen atoms in total. The first kappa shape index (κ1) is 20.4. The molecular formula is C25H28O2P2. The highest BCUT2D eigenvalue weighted by Gasteiger charge is 2.43. The van der Waals surface area contributed by atoms with Crippen LogP contribution in [0.25, 0.3) is 0 Å². The quantitative estimate of drug-likeness (QED) is 0.483. The summed E-state index contributed by atoms with van der Waals surface area (Å²) in [5, 5.41) is 2.78. The minimum atomic E-state index is -2.84. The fraction of sp³-hybridized carbons (Fsp3) is 0.280. The molecule has 0 amide bonds. The standard InChI is InChI=1S/C25H28O2P2/c1-21(20-25-18-11-19-28(25,26)22-12-5-2-6-13-22)29(27,23-14-7-3-8-15-23)24-16-9-4-10-17-24/h2-10,12-17,21,25H,11,18-20H2,1H3/t21-,25-,28-/m1/s1. The summed E-state index contributed by atoms with van der Waals surface area (Å²) >= 11 is 0. The van der Waals surface area contributed by atoms with Gasteiger partial charge in [0.05, 0.1) is 0 Å². The second-order valence-electron chi connectivity index (χ2n) is 8.06. The average molecular weight is 422 g/mol. The van der Waals surface area contributed by atoms with E-state index >= 15 is 0 Å². The number of benzene rings is 3. The van der Waals surface area contributed by atoms with Crippen molar-refractivity contribution in [2.45, 2.75) is 37.5 Å². The number of rotatable bonds is 6. The summed E-state index contributed by atoms with van der Waals surface area (Å²) in [5.74, 6) is 0. The zero-order chi connectivity index (χ0) is 20.3. The third kappa shape index (κ3) is 3.81. The summed E-state index contributed by atoms with van der Waals surface area (Å²) in [5.41, 5.74) is 0.0492. The Morgan fingerprint density at radius 3 is 1.86 bits per heavy atom. The molecule has 0 bridgehead atoms. The minimum absolute atomic E-state index is 0.0626. The average Bonchev–Trinajstić information content (AvgIpc) is 3.16. The van der Waals surface area contributed by atoms with Crippen LogP contribution < -0.4 is 15.9 Å². The Labute approximate surface area is 174 Å². The van der Waals surface area contributed by atoms with Gasteiger partial charge in [0.1, 0.15) is 14.3 Å². The van der Waals surface area contributed by atoms with E-state index in [2.05, 4.69) is 6.92 Å². The first-order valence-electron chi connectivity index (χ1n) is 10.4. The molecule has 3 aromatic carbocycles. The van der Waals surface area contributed by atoms with E-state index in [1.807, 2.05) is 91.0 Å². The summed E-state index contributed by atoms with van der Waals surface area (Å²) in [6, 6.07) is 29.6. The van der Waals surface area contributed by atoms with Gasteiger partial charge in [-0.2, -0.15) is 0 Å². The molecule has 1 aliphatic heterocycles. The Kier molecular flexibility index (Phi) is 5.95. The van der Waals surface area contributed by atoms with Gasteiger partial charge in [0.15, 0.2) is 0 Å². The molecule has 0 N–H and O–H groups in total. The highest BCUT2D eigenvalue weighted by molar-refractivity contribution is 7.79. The molecule has 29 heavy (non-hydrogen) atoms. The van der Waals surface area contributed by atoms with Crippen molar-refractivity contribution >= 4 is 30.2 Å². The van der Waals surface area contributed by atoms with Gasteiger partial charge >= 0.3 is 0 Å². The van der Waals surface area contributed by atoms with Gasteiger partial charge in [0.25, 0.3) is 0 Å². The van der Waals surface area contributed by atoms with Crippen LogP contribution in [0.5, 0.6) is 0 Å². The van der Waals surface area contributed by atoms with Gasteiger partial charge in [-0.3, -0.25) is 0 Å². The van der Waals surface area contributed by atoms with E-state index in [0.29, 0.717) is 0 Å². The molecule has 0 radical (unpaired) electrons. The highest BCUT2D eigenvalue weighted by Crippen LogP contribution is 2.61. The lowest BCUT2D eigenvalue weighted by molar-refractivity contribution is 0.560. The van der Waals surface area contributed by atoms with E-state index in [1.54, 1.807) is 0 Å². The third-order valence-electron chi connectivity index (χ3n) is 6.32. The molecule has 0 aliphatic carbocycles. The van der Waals surface area contributed by atoms with Crippen molar-refractivity contribution in [1.82, 2.24) is 0 Å². The van der Waals surface area contributed by atoms with Crippen LogP contribution in [0.2, 0.25) is 0 Å². The van der Waals surface area contributed by atoms with Crippen LogP contribution in [0.15, 0.2) is 91.0 Å². The van der Waals surface area contributed by atoms with Gasteiger partial charge in [-0.25, -0.2) is 0 Å². The van der Waals surface area contributed by atoms with Crippen LogP contribution in [0.4, 0.5) is 0 Å². The topological polar surface area (TPSA) is 34.1 Å². The number of hydrogen-bond acceptors (Lipinski definition) is 2. The second-order valence-corrected chi connectivity index (χ2v) is 14.6. The first-order chi connectivity index (χ1) is 14.0. The summed E-state index contributed by atoms with van der Waals surface area (Å²) in [4.78, 5) is 0. The maximum atomic E-state index is 14.6. The fourth-order valence-corrected chi connectivity index (χ4v) is 11.7. The van der Waals surface area contributed by atoms with Crippen molar-refractivity contribution in [1.29, 1.82) is 0 Å². The third-order valence-corrected chi connectivity index (χ3v) is 13.7. The van der Waals surface area contributed by atoms with Crippen LogP contribution in [0.3, 0.4) is 0 Å². The summed E-state index contributed by atoms with van der Waals surface area (Å²) in [6.07, 6.45) is 3.45. The summed E-state index contributed by atoms with van der Waals surface area (Å²) < 4.78 is 28.6. The predicted octanol–water partition coefficient (Wildman–Crippen LogP) is 5.63. The molecule has 0 aromatic heterocycles.